The third-order valence-corrected chi connectivity index (χ3v) is 3.71. The number of carbonyl (C=O) groups is 2. The number of benzene rings is 1. The molecule has 0 fully saturated rings. The summed E-state index contributed by atoms with van der Waals surface area (Å²) >= 11 is 2.05. The molecule has 124 valence electrons. The van der Waals surface area contributed by atoms with Gasteiger partial charge in [0.05, 0.1) is 7.11 Å². The summed E-state index contributed by atoms with van der Waals surface area (Å²) in [4.78, 5) is 23.0. The topological polar surface area (TPSA) is 84.9 Å². The van der Waals surface area contributed by atoms with Crippen molar-refractivity contribution in [1.82, 2.24) is 5.32 Å². The molecular weight excluding hydrogens is 413 g/mol. The van der Waals surface area contributed by atoms with Crippen molar-refractivity contribution >= 4 is 34.5 Å². The summed E-state index contributed by atoms with van der Waals surface area (Å²) in [5.74, 6) is -0.635. The van der Waals surface area contributed by atoms with Gasteiger partial charge in [-0.05, 0) is 47.2 Å². The van der Waals surface area contributed by atoms with E-state index in [0.29, 0.717) is 5.75 Å². The zero-order valence-electron chi connectivity index (χ0n) is 12.8. The lowest BCUT2D eigenvalue weighted by atomic mass is 10.2. The lowest BCUT2D eigenvalue weighted by Gasteiger charge is -2.10. The third-order valence-electron chi connectivity index (χ3n) is 2.71. The third kappa shape index (κ3) is 6.72. The Morgan fingerprint density at radius 1 is 1.35 bits per heavy atom. The second-order valence-electron chi connectivity index (χ2n) is 4.38. The number of rotatable bonds is 7. The molecule has 0 bridgehead atoms. The van der Waals surface area contributed by atoms with Crippen LogP contribution in [0.2, 0.25) is 0 Å². The van der Waals surface area contributed by atoms with Crippen LogP contribution in [0.4, 0.5) is 0 Å². The molecule has 1 rings (SSSR count). The van der Waals surface area contributed by atoms with Gasteiger partial charge in [-0.2, -0.15) is 0 Å². The van der Waals surface area contributed by atoms with Gasteiger partial charge in [0.25, 0.3) is 5.91 Å². The minimum absolute atomic E-state index is 0.0359. The molecule has 0 aliphatic rings. The quantitative estimate of drug-likeness (QED) is 0.300. The molecule has 7 heteroatoms. The first kappa shape index (κ1) is 19.0. The molecule has 0 spiro atoms. The maximum absolute atomic E-state index is 11.7. The molecule has 0 saturated carbocycles. The van der Waals surface area contributed by atoms with E-state index in [-0.39, 0.29) is 18.9 Å². The van der Waals surface area contributed by atoms with E-state index < -0.39 is 11.9 Å². The molecule has 1 aromatic carbocycles. The number of phenols is 1. The number of ether oxygens (including phenoxy) is 2. The predicted molar refractivity (Wildman–Crippen MR) is 94.1 cm³/mol. The number of amides is 1. The monoisotopic (exact) mass is 431 g/mol. The van der Waals surface area contributed by atoms with Gasteiger partial charge in [-0.25, -0.2) is 4.79 Å². The van der Waals surface area contributed by atoms with E-state index in [1.165, 1.54) is 19.3 Å². The normalized spacial score (nSPS) is 10.9. The minimum atomic E-state index is -0.584. The van der Waals surface area contributed by atoms with Gasteiger partial charge >= 0.3 is 5.97 Å². The molecule has 0 aliphatic carbocycles. The SMILES string of the molecule is C/C=C/C=C/C(=O)OCC(=O)NCc1cc(OC)c(O)cc1I. The summed E-state index contributed by atoms with van der Waals surface area (Å²) in [6, 6.07) is 3.19. The number of esters is 1. The maximum Gasteiger partial charge on any atom is 0.331 e. The highest BCUT2D eigenvalue weighted by atomic mass is 127. The van der Waals surface area contributed by atoms with Crippen LogP contribution < -0.4 is 10.1 Å². The standard InChI is InChI=1S/C16H18INO5/c1-3-4-5-6-16(21)23-10-15(20)18-9-11-7-14(22-2)13(19)8-12(11)17/h3-8,19H,9-10H2,1-2H3,(H,18,20)/b4-3+,6-5+. The maximum atomic E-state index is 11.7. The number of hydrogen-bond acceptors (Lipinski definition) is 5. The minimum Gasteiger partial charge on any atom is -0.504 e. The molecular formula is C16H18INO5. The Kier molecular flexibility index (Phi) is 8.17. The second kappa shape index (κ2) is 9.88. The zero-order valence-corrected chi connectivity index (χ0v) is 15.0. The van der Waals surface area contributed by atoms with Crippen LogP contribution in [-0.2, 0) is 20.9 Å². The first-order chi connectivity index (χ1) is 11.0. The lowest BCUT2D eigenvalue weighted by molar-refractivity contribution is -0.143. The van der Waals surface area contributed by atoms with Gasteiger partial charge in [0.15, 0.2) is 18.1 Å². The molecule has 1 aromatic rings. The Hall–Kier alpha value is -2.03. The summed E-state index contributed by atoms with van der Waals surface area (Å²) in [6.45, 7) is 1.70. The van der Waals surface area contributed by atoms with Crippen LogP contribution in [-0.4, -0.2) is 30.7 Å². The fraction of sp³-hybridized carbons (Fsp3) is 0.250. The average Bonchev–Trinajstić information content (AvgIpc) is 2.52. The number of carbonyl (C=O) groups excluding carboxylic acids is 2. The van der Waals surface area contributed by atoms with Gasteiger partial charge < -0.3 is 19.9 Å². The number of nitrogens with one attached hydrogen (secondary N) is 1. The molecule has 0 atom stereocenters. The van der Waals surface area contributed by atoms with Crippen LogP contribution in [0.25, 0.3) is 0 Å². The molecule has 2 N–H and O–H groups in total. The number of hydrogen-bond donors (Lipinski definition) is 2. The lowest BCUT2D eigenvalue weighted by Crippen LogP contribution is -2.28. The summed E-state index contributed by atoms with van der Waals surface area (Å²) in [5, 5.41) is 12.3. The summed E-state index contributed by atoms with van der Waals surface area (Å²) < 4.78 is 10.6. The van der Waals surface area contributed by atoms with Crippen LogP contribution in [0, 0.1) is 3.57 Å². The van der Waals surface area contributed by atoms with Crippen molar-refractivity contribution in [2.24, 2.45) is 0 Å². The van der Waals surface area contributed by atoms with Crippen LogP contribution in [0.1, 0.15) is 12.5 Å². The first-order valence-corrected chi connectivity index (χ1v) is 7.84. The van der Waals surface area contributed by atoms with Crippen molar-refractivity contribution in [3.05, 3.63) is 45.6 Å². The first-order valence-electron chi connectivity index (χ1n) is 6.76. The Bertz CT molecular complexity index is 625. The van der Waals surface area contributed by atoms with Crippen LogP contribution in [0.3, 0.4) is 0 Å². The number of aromatic hydroxyl groups is 1. The van der Waals surface area contributed by atoms with Crippen molar-refractivity contribution in [2.45, 2.75) is 13.5 Å². The van der Waals surface area contributed by atoms with Gasteiger partial charge in [0.1, 0.15) is 0 Å². The summed E-state index contributed by atoms with van der Waals surface area (Å²) in [5.41, 5.74) is 0.785. The van der Waals surface area contributed by atoms with Crippen molar-refractivity contribution in [1.29, 1.82) is 0 Å². The van der Waals surface area contributed by atoms with Crippen LogP contribution in [0.15, 0.2) is 36.4 Å². The number of allylic oxidation sites excluding steroid dienone is 3. The fourth-order valence-electron chi connectivity index (χ4n) is 1.56. The van der Waals surface area contributed by atoms with E-state index in [1.54, 1.807) is 24.3 Å². The van der Waals surface area contributed by atoms with Gasteiger partial charge in [0, 0.05) is 16.2 Å². The number of phenolic OH excluding ortho intramolecular Hbond substituents is 1. The molecule has 1 amide bonds. The van der Waals surface area contributed by atoms with E-state index in [0.717, 1.165) is 9.13 Å². The van der Waals surface area contributed by atoms with Crippen molar-refractivity contribution in [3.63, 3.8) is 0 Å². The highest BCUT2D eigenvalue weighted by Crippen LogP contribution is 2.30. The van der Waals surface area contributed by atoms with Gasteiger partial charge in [-0.3, -0.25) is 4.79 Å². The van der Waals surface area contributed by atoms with Crippen LogP contribution in [0.5, 0.6) is 11.5 Å². The Labute approximate surface area is 148 Å². The molecule has 0 unspecified atom stereocenters. The molecule has 0 saturated heterocycles. The largest absolute Gasteiger partial charge is 0.504 e. The number of methoxy groups -OCH3 is 1. The van der Waals surface area contributed by atoms with Gasteiger partial charge in [0.2, 0.25) is 0 Å². The van der Waals surface area contributed by atoms with Gasteiger partial charge in [-0.1, -0.05) is 18.2 Å². The van der Waals surface area contributed by atoms with Crippen LogP contribution >= 0.6 is 22.6 Å². The Morgan fingerprint density at radius 3 is 2.74 bits per heavy atom. The summed E-state index contributed by atoms with van der Waals surface area (Å²) in [6.07, 6.45) is 6.22. The molecule has 6 nitrogen and oxygen atoms in total. The van der Waals surface area contributed by atoms with E-state index >= 15 is 0 Å². The van der Waals surface area contributed by atoms with Crippen molar-refractivity contribution in [3.8, 4) is 11.5 Å². The molecule has 0 aliphatic heterocycles. The predicted octanol–water partition coefficient (Wildman–Crippen LogP) is 2.30. The van der Waals surface area contributed by atoms with E-state index in [9.17, 15) is 14.7 Å². The average molecular weight is 431 g/mol. The second-order valence-corrected chi connectivity index (χ2v) is 5.55. The van der Waals surface area contributed by atoms with E-state index in [1.807, 2.05) is 29.5 Å². The number of halogens is 1. The highest BCUT2D eigenvalue weighted by molar-refractivity contribution is 14.1. The van der Waals surface area contributed by atoms with E-state index in [4.69, 9.17) is 9.47 Å². The Morgan fingerprint density at radius 2 is 2.09 bits per heavy atom. The van der Waals surface area contributed by atoms with E-state index in [2.05, 4.69) is 5.32 Å². The highest BCUT2D eigenvalue weighted by Gasteiger charge is 2.10. The van der Waals surface area contributed by atoms with Crippen molar-refractivity contribution in [2.75, 3.05) is 13.7 Å². The fourth-order valence-corrected chi connectivity index (χ4v) is 2.20. The molecule has 0 heterocycles. The molecule has 23 heavy (non-hydrogen) atoms. The Balaban J connectivity index is 2.49. The zero-order chi connectivity index (χ0) is 17.2. The summed E-state index contributed by atoms with van der Waals surface area (Å²) in [7, 11) is 1.45. The molecule has 0 radical (unpaired) electrons. The molecule has 0 aromatic heterocycles. The smallest absolute Gasteiger partial charge is 0.331 e. The van der Waals surface area contributed by atoms with Crippen molar-refractivity contribution < 1.29 is 24.2 Å². The van der Waals surface area contributed by atoms with Gasteiger partial charge in [-0.15, -0.1) is 0 Å².